The molecule has 5 heteroatoms. The van der Waals surface area contributed by atoms with Crippen LogP contribution >= 0.6 is 0 Å². The number of carbonyl (C=O) groups excluding carboxylic acids is 1. The lowest BCUT2D eigenvalue weighted by molar-refractivity contribution is 0.0785. The van der Waals surface area contributed by atoms with Gasteiger partial charge >= 0.3 is 0 Å². The van der Waals surface area contributed by atoms with E-state index >= 15 is 0 Å². The van der Waals surface area contributed by atoms with Crippen molar-refractivity contribution in [3.63, 3.8) is 0 Å². The van der Waals surface area contributed by atoms with E-state index in [0.717, 1.165) is 41.0 Å². The fourth-order valence-electron chi connectivity index (χ4n) is 2.82. The van der Waals surface area contributed by atoms with E-state index < -0.39 is 0 Å². The Labute approximate surface area is 146 Å². The topological polar surface area (TPSA) is 51.0 Å². The summed E-state index contributed by atoms with van der Waals surface area (Å²) in [5, 5.41) is 4.59. The van der Waals surface area contributed by atoms with Crippen LogP contribution < -0.4 is 0 Å². The van der Waals surface area contributed by atoms with Gasteiger partial charge in [-0.25, -0.2) is 9.67 Å². The first-order valence-electron chi connectivity index (χ1n) is 8.48. The van der Waals surface area contributed by atoms with Gasteiger partial charge < -0.3 is 4.90 Å². The molecule has 1 aromatic carbocycles. The van der Waals surface area contributed by atoms with Gasteiger partial charge in [0.25, 0.3) is 5.91 Å². The normalized spacial score (nSPS) is 13.7. The molecule has 126 valence electrons. The summed E-state index contributed by atoms with van der Waals surface area (Å²) in [6.07, 6.45) is 5.95. The second-order valence-electron chi connectivity index (χ2n) is 6.56. The van der Waals surface area contributed by atoms with Gasteiger partial charge in [-0.3, -0.25) is 4.79 Å². The van der Waals surface area contributed by atoms with Crippen LogP contribution in [0.5, 0.6) is 0 Å². The molecule has 0 unspecified atom stereocenters. The molecular weight excluding hydrogens is 312 g/mol. The van der Waals surface area contributed by atoms with Crippen molar-refractivity contribution in [2.75, 3.05) is 7.05 Å². The highest BCUT2D eigenvalue weighted by Crippen LogP contribution is 2.27. The molecule has 0 bridgehead atoms. The third-order valence-electron chi connectivity index (χ3n) is 4.56. The smallest absolute Gasteiger partial charge is 0.253 e. The quantitative estimate of drug-likeness (QED) is 0.735. The summed E-state index contributed by atoms with van der Waals surface area (Å²) in [5.74, 6) is 0.873. The highest BCUT2D eigenvalue weighted by atomic mass is 16.2. The summed E-state index contributed by atoms with van der Waals surface area (Å²) < 4.78 is 1.76. The van der Waals surface area contributed by atoms with Gasteiger partial charge in [-0.2, -0.15) is 5.10 Å². The Morgan fingerprint density at radius 2 is 1.88 bits per heavy atom. The molecule has 25 heavy (non-hydrogen) atoms. The fraction of sp³-hybridized carbons (Fsp3) is 0.250. The maximum atomic E-state index is 12.4. The molecule has 0 spiro atoms. The molecule has 0 atom stereocenters. The number of nitrogens with zero attached hydrogens (tertiary/aromatic N) is 4. The molecule has 2 aromatic heterocycles. The van der Waals surface area contributed by atoms with Crippen molar-refractivity contribution in [1.29, 1.82) is 0 Å². The van der Waals surface area contributed by atoms with Crippen molar-refractivity contribution >= 4 is 5.91 Å². The van der Waals surface area contributed by atoms with Crippen LogP contribution in [0.25, 0.3) is 17.1 Å². The Morgan fingerprint density at radius 1 is 1.12 bits per heavy atom. The average molecular weight is 332 g/mol. The maximum Gasteiger partial charge on any atom is 0.253 e. The largest absolute Gasteiger partial charge is 0.339 e. The zero-order valence-electron chi connectivity index (χ0n) is 14.4. The van der Waals surface area contributed by atoms with E-state index in [2.05, 4.69) is 10.1 Å². The zero-order chi connectivity index (χ0) is 17.4. The number of aromatic nitrogens is 3. The molecule has 1 aliphatic carbocycles. The van der Waals surface area contributed by atoms with Crippen molar-refractivity contribution in [3.8, 4) is 17.1 Å². The first kappa shape index (κ1) is 15.6. The lowest BCUT2D eigenvalue weighted by Crippen LogP contribution is -2.28. The highest BCUT2D eigenvalue weighted by molar-refractivity contribution is 5.94. The van der Waals surface area contributed by atoms with Crippen LogP contribution in [0.2, 0.25) is 0 Å². The summed E-state index contributed by atoms with van der Waals surface area (Å²) in [7, 11) is 1.88. The first-order chi connectivity index (χ1) is 12.1. The van der Waals surface area contributed by atoms with Gasteiger partial charge in [0.1, 0.15) is 0 Å². The molecule has 1 saturated carbocycles. The summed E-state index contributed by atoms with van der Waals surface area (Å²) >= 11 is 0. The molecule has 1 fully saturated rings. The number of rotatable bonds is 4. The Bertz CT molecular complexity index is 892. The van der Waals surface area contributed by atoms with Crippen LogP contribution in [0.4, 0.5) is 0 Å². The molecule has 4 rings (SSSR count). The first-order valence-corrected chi connectivity index (χ1v) is 8.48. The van der Waals surface area contributed by atoms with Crippen LogP contribution in [0.1, 0.15) is 28.8 Å². The minimum Gasteiger partial charge on any atom is -0.339 e. The van der Waals surface area contributed by atoms with Gasteiger partial charge in [0.05, 0.1) is 5.69 Å². The van der Waals surface area contributed by atoms with E-state index in [4.69, 9.17) is 0 Å². The third-order valence-corrected chi connectivity index (χ3v) is 4.56. The van der Waals surface area contributed by atoms with E-state index in [0.29, 0.717) is 6.04 Å². The Kier molecular flexibility index (Phi) is 3.84. The summed E-state index contributed by atoms with van der Waals surface area (Å²) in [5.41, 5.74) is 3.68. The molecule has 1 amide bonds. The van der Waals surface area contributed by atoms with E-state index in [1.54, 1.807) is 4.68 Å². The van der Waals surface area contributed by atoms with E-state index in [1.807, 2.05) is 73.7 Å². The lowest BCUT2D eigenvalue weighted by Gasteiger charge is -2.16. The van der Waals surface area contributed by atoms with Gasteiger partial charge in [-0.05, 0) is 49.6 Å². The van der Waals surface area contributed by atoms with Crippen LogP contribution in [-0.4, -0.2) is 38.7 Å². The maximum absolute atomic E-state index is 12.4. The number of carbonyl (C=O) groups is 1. The number of hydrogen-bond donors (Lipinski definition) is 0. The van der Waals surface area contributed by atoms with Crippen molar-refractivity contribution in [3.05, 3.63) is 66.0 Å². The number of hydrogen-bond acceptors (Lipinski definition) is 3. The van der Waals surface area contributed by atoms with Crippen molar-refractivity contribution in [1.82, 2.24) is 19.7 Å². The minimum absolute atomic E-state index is 0.0865. The molecule has 3 aromatic rings. The predicted octanol–water partition coefficient (Wildman–Crippen LogP) is 3.48. The third kappa shape index (κ3) is 3.18. The summed E-state index contributed by atoms with van der Waals surface area (Å²) in [6.45, 7) is 2.01. The molecule has 0 aliphatic heterocycles. The highest BCUT2D eigenvalue weighted by Gasteiger charge is 2.29. The van der Waals surface area contributed by atoms with E-state index in [-0.39, 0.29) is 5.91 Å². The summed E-state index contributed by atoms with van der Waals surface area (Å²) in [6, 6.07) is 14.0. The van der Waals surface area contributed by atoms with Crippen LogP contribution in [0.15, 0.2) is 54.9 Å². The SMILES string of the molecule is Cc1ccc(-n2ccc(-c3ccc(C(=O)N(C)C4CC4)cc3)n2)nc1. The number of amides is 1. The molecule has 0 N–H and O–H groups in total. The molecule has 0 saturated heterocycles. The summed E-state index contributed by atoms with van der Waals surface area (Å²) in [4.78, 5) is 18.6. The van der Waals surface area contributed by atoms with E-state index in [1.165, 1.54) is 0 Å². The lowest BCUT2D eigenvalue weighted by atomic mass is 10.1. The predicted molar refractivity (Wildman–Crippen MR) is 96.6 cm³/mol. The Morgan fingerprint density at radius 3 is 2.52 bits per heavy atom. The van der Waals surface area contributed by atoms with Crippen molar-refractivity contribution in [2.45, 2.75) is 25.8 Å². The molecule has 0 radical (unpaired) electrons. The van der Waals surface area contributed by atoms with Crippen LogP contribution in [0.3, 0.4) is 0 Å². The van der Waals surface area contributed by atoms with Crippen LogP contribution in [-0.2, 0) is 0 Å². The monoisotopic (exact) mass is 332 g/mol. The second kappa shape index (κ2) is 6.16. The van der Waals surface area contributed by atoms with Gasteiger partial charge in [0.2, 0.25) is 0 Å². The Balaban J connectivity index is 1.54. The number of benzene rings is 1. The fourth-order valence-corrected chi connectivity index (χ4v) is 2.82. The van der Waals surface area contributed by atoms with Gasteiger partial charge in [0.15, 0.2) is 5.82 Å². The van der Waals surface area contributed by atoms with Crippen LogP contribution in [0, 0.1) is 6.92 Å². The zero-order valence-corrected chi connectivity index (χ0v) is 14.4. The Hall–Kier alpha value is -2.95. The minimum atomic E-state index is 0.0865. The number of aryl methyl sites for hydroxylation is 1. The molecule has 2 heterocycles. The van der Waals surface area contributed by atoms with E-state index in [9.17, 15) is 4.79 Å². The van der Waals surface area contributed by atoms with Crippen molar-refractivity contribution in [2.24, 2.45) is 0 Å². The van der Waals surface area contributed by atoms with Gasteiger partial charge in [-0.1, -0.05) is 18.2 Å². The number of pyridine rings is 1. The average Bonchev–Trinajstić information content (AvgIpc) is 3.38. The van der Waals surface area contributed by atoms with Gasteiger partial charge in [-0.15, -0.1) is 0 Å². The van der Waals surface area contributed by atoms with Crippen molar-refractivity contribution < 1.29 is 4.79 Å². The molecule has 1 aliphatic rings. The second-order valence-corrected chi connectivity index (χ2v) is 6.56. The van der Waals surface area contributed by atoms with Gasteiger partial charge in [0, 0.05) is 36.6 Å². The molecule has 5 nitrogen and oxygen atoms in total. The standard InChI is InChI=1S/C20H20N4O/c1-14-3-10-19(21-13-14)24-12-11-18(22-24)15-4-6-16(7-5-15)20(25)23(2)17-8-9-17/h3-7,10-13,17H,8-9H2,1-2H3. The molecular formula is C20H20N4O.